The number of ether oxygens (including phenoxy) is 1. The molecule has 1 atom stereocenters. The standard InChI is InChI=1S/C9H13BrN2O/c1-7-6-11-12(9(7)10)8-4-2-3-5-13-8/h6,8H,2-5H2,1H3/t8-/m0/s1. The van der Waals surface area contributed by atoms with Gasteiger partial charge in [0.05, 0.1) is 6.20 Å². The molecular formula is C9H13BrN2O. The van der Waals surface area contributed by atoms with Crippen LogP contribution in [0.25, 0.3) is 0 Å². The molecule has 2 rings (SSSR count). The average molecular weight is 245 g/mol. The third kappa shape index (κ3) is 1.79. The maximum Gasteiger partial charge on any atom is 0.151 e. The lowest BCUT2D eigenvalue weighted by atomic mass is 10.2. The van der Waals surface area contributed by atoms with Gasteiger partial charge in [-0.25, -0.2) is 4.68 Å². The molecule has 0 saturated carbocycles. The molecule has 0 bridgehead atoms. The van der Waals surface area contributed by atoms with E-state index < -0.39 is 0 Å². The molecule has 4 heteroatoms. The van der Waals surface area contributed by atoms with Gasteiger partial charge in [-0.3, -0.25) is 0 Å². The van der Waals surface area contributed by atoms with E-state index in [4.69, 9.17) is 4.74 Å². The first-order chi connectivity index (χ1) is 6.29. The van der Waals surface area contributed by atoms with Crippen LogP contribution < -0.4 is 0 Å². The van der Waals surface area contributed by atoms with Gasteiger partial charge in [-0.05, 0) is 42.1 Å². The maximum absolute atomic E-state index is 5.63. The summed E-state index contributed by atoms with van der Waals surface area (Å²) >= 11 is 3.51. The smallest absolute Gasteiger partial charge is 0.151 e. The minimum Gasteiger partial charge on any atom is -0.356 e. The lowest BCUT2D eigenvalue weighted by molar-refractivity contribution is -0.0409. The summed E-state index contributed by atoms with van der Waals surface area (Å²) in [7, 11) is 0. The predicted molar refractivity (Wildman–Crippen MR) is 53.5 cm³/mol. The van der Waals surface area contributed by atoms with Crippen LogP contribution in [0.3, 0.4) is 0 Å². The van der Waals surface area contributed by atoms with E-state index in [1.807, 2.05) is 17.8 Å². The summed E-state index contributed by atoms with van der Waals surface area (Å²) in [4.78, 5) is 0. The van der Waals surface area contributed by atoms with Crippen LogP contribution in [-0.4, -0.2) is 16.4 Å². The van der Waals surface area contributed by atoms with Crippen molar-refractivity contribution in [1.82, 2.24) is 9.78 Å². The predicted octanol–water partition coefficient (Wildman–Crippen LogP) is 2.65. The van der Waals surface area contributed by atoms with Crippen LogP contribution >= 0.6 is 15.9 Å². The molecular weight excluding hydrogens is 232 g/mol. The second-order valence-electron chi connectivity index (χ2n) is 3.38. The number of nitrogens with zero attached hydrogens (tertiary/aromatic N) is 2. The van der Waals surface area contributed by atoms with Gasteiger partial charge in [0.1, 0.15) is 4.60 Å². The average Bonchev–Trinajstić information content (AvgIpc) is 2.49. The highest BCUT2D eigenvalue weighted by Crippen LogP contribution is 2.26. The zero-order valence-corrected chi connectivity index (χ0v) is 9.25. The van der Waals surface area contributed by atoms with E-state index in [0.29, 0.717) is 0 Å². The molecule has 1 aromatic heterocycles. The number of hydrogen-bond acceptors (Lipinski definition) is 2. The first-order valence-corrected chi connectivity index (χ1v) is 5.39. The van der Waals surface area contributed by atoms with Crippen molar-refractivity contribution >= 4 is 15.9 Å². The van der Waals surface area contributed by atoms with Crippen LogP contribution in [0.2, 0.25) is 0 Å². The molecule has 1 saturated heterocycles. The second-order valence-corrected chi connectivity index (χ2v) is 4.14. The monoisotopic (exact) mass is 244 g/mol. The van der Waals surface area contributed by atoms with Gasteiger partial charge in [-0.1, -0.05) is 0 Å². The highest BCUT2D eigenvalue weighted by molar-refractivity contribution is 9.10. The van der Waals surface area contributed by atoms with Gasteiger partial charge in [0.2, 0.25) is 0 Å². The zero-order chi connectivity index (χ0) is 9.26. The quantitative estimate of drug-likeness (QED) is 0.760. The summed E-state index contributed by atoms with van der Waals surface area (Å²) in [6.45, 7) is 2.90. The van der Waals surface area contributed by atoms with Gasteiger partial charge in [0, 0.05) is 12.2 Å². The van der Waals surface area contributed by atoms with Crippen LogP contribution in [0.15, 0.2) is 10.8 Å². The summed E-state index contributed by atoms with van der Waals surface area (Å²) in [6, 6.07) is 0. The molecule has 0 aliphatic carbocycles. The van der Waals surface area contributed by atoms with E-state index >= 15 is 0 Å². The van der Waals surface area contributed by atoms with Gasteiger partial charge in [0.15, 0.2) is 6.23 Å². The highest BCUT2D eigenvalue weighted by Gasteiger charge is 2.18. The van der Waals surface area contributed by atoms with E-state index in [1.165, 1.54) is 12.8 Å². The first kappa shape index (κ1) is 9.21. The number of hydrogen-bond donors (Lipinski definition) is 0. The van der Waals surface area contributed by atoms with E-state index in [-0.39, 0.29) is 6.23 Å². The summed E-state index contributed by atoms with van der Waals surface area (Å²) in [5.41, 5.74) is 1.16. The van der Waals surface area contributed by atoms with Crippen LogP contribution in [0.5, 0.6) is 0 Å². The molecule has 72 valence electrons. The van der Waals surface area contributed by atoms with Crippen LogP contribution in [0.1, 0.15) is 31.1 Å². The topological polar surface area (TPSA) is 27.1 Å². The third-order valence-corrected chi connectivity index (χ3v) is 3.32. The lowest BCUT2D eigenvalue weighted by Crippen LogP contribution is -2.19. The van der Waals surface area contributed by atoms with Crippen molar-refractivity contribution in [2.45, 2.75) is 32.4 Å². The normalized spacial score (nSPS) is 23.4. The van der Waals surface area contributed by atoms with Gasteiger partial charge >= 0.3 is 0 Å². The molecule has 1 fully saturated rings. The fourth-order valence-electron chi connectivity index (χ4n) is 1.55. The van der Waals surface area contributed by atoms with Crippen molar-refractivity contribution in [2.75, 3.05) is 6.61 Å². The maximum atomic E-state index is 5.63. The lowest BCUT2D eigenvalue weighted by Gasteiger charge is -2.23. The summed E-state index contributed by atoms with van der Waals surface area (Å²) in [5, 5.41) is 4.28. The fourth-order valence-corrected chi connectivity index (χ4v) is 1.97. The van der Waals surface area contributed by atoms with Crippen molar-refractivity contribution in [2.24, 2.45) is 0 Å². The Morgan fingerprint density at radius 1 is 1.62 bits per heavy atom. The number of aryl methyl sites for hydroxylation is 1. The molecule has 2 heterocycles. The van der Waals surface area contributed by atoms with Gasteiger partial charge in [-0.15, -0.1) is 0 Å². The Kier molecular flexibility index (Phi) is 2.69. The van der Waals surface area contributed by atoms with Crippen LogP contribution in [0.4, 0.5) is 0 Å². The Hall–Kier alpha value is -0.350. The Morgan fingerprint density at radius 3 is 3.00 bits per heavy atom. The van der Waals surface area contributed by atoms with Crippen molar-refractivity contribution in [3.8, 4) is 0 Å². The Balaban J connectivity index is 2.18. The molecule has 0 unspecified atom stereocenters. The van der Waals surface area contributed by atoms with E-state index in [2.05, 4.69) is 21.0 Å². The van der Waals surface area contributed by atoms with Gasteiger partial charge < -0.3 is 4.74 Å². The molecule has 0 amide bonds. The molecule has 3 nitrogen and oxygen atoms in total. The SMILES string of the molecule is Cc1cnn([C@@H]2CCCCO2)c1Br. The second kappa shape index (κ2) is 3.80. The minimum atomic E-state index is 0.136. The fraction of sp³-hybridized carbons (Fsp3) is 0.667. The minimum absolute atomic E-state index is 0.136. The highest BCUT2D eigenvalue weighted by atomic mass is 79.9. The zero-order valence-electron chi connectivity index (χ0n) is 7.66. The summed E-state index contributed by atoms with van der Waals surface area (Å²) < 4.78 is 8.59. The molecule has 0 spiro atoms. The molecule has 1 aliphatic heterocycles. The number of halogens is 1. The first-order valence-electron chi connectivity index (χ1n) is 4.60. The van der Waals surface area contributed by atoms with Crippen molar-refractivity contribution < 1.29 is 4.74 Å². The van der Waals surface area contributed by atoms with E-state index in [9.17, 15) is 0 Å². The molecule has 0 radical (unpaired) electrons. The summed E-state index contributed by atoms with van der Waals surface area (Å²) in [6.07, 6.45) is 5.48. The van der Waals surface area contributed by atoms with Crippen molar-refractivity contribution in [3.05, 3.63) is 16.4 Å². The van der Waals surface area contributed by atoms with Gasteiger partial charge in [0.25, 0.3) is 0 Å². The van der Waals surface area contributed by atoms with Crippen LogP contribution in [-0.2, 0) is 4.74 Å². The molecule has 1 aliphatic rings. The van der Waals surface area contributed by atoms with Gasteiger partial charge in [-0.2, -0.15) is 5.10 Å². The largest absolute Gasteiger partial charge is 0.356 e. The van der Waals surface area contributed by atoms with E-state index in [1.54, 1.807) is 0 Å². The Labute approximate surface area is 86.2 Å². The van der Waals surface area contributed by atoms with Crippen molar-refractivity contribution in [1.29, 1.82) is 0 Å². The molecule has 0 N–H and O–H groups in total. The number of rotatable bonds is 1. The van der Waals surface area contributed by atoms with Crippen molar-refractivity contribution in [3.63, 3.8) is 0 Å². The Morgan fingerprint density at radius 2 is 2.46 bits per heavy atom. The molecule has 1 aromatic rings. The third-order valence-electron chi connectivity index (χ3n) is 2.33. The molecule has 13 heavy (non-hydrogen) atoms. The summed E-state index contributed by atoms with van der Waals surface area (Å²) in [5.74, 6) is 0. The van der Waals surface area contributed by atoms with Crippen LogP contribution in [0, 0.1) is 6.92 Å². The Bertz CT molecular complexity index is 292. The van der Waals surface area contributed by atoms with E-state index in [0.717, 1.165) is 23.2 Å². The number of aromatic nitrogens is 2. The molecule has 0 aromatic carbocycles.